The molecule has 1 amide bonds. The highest BCUT2D eigenvalue weighted by atomic mass is 35.5. The van der Waals surface area contributed by atoms with Crippen molar-refractivity contribution in [3.8, 4) is 6.07 Å². The normalized spacial score (nSPS) is 9.90. The number of nitrogens with one attached hydrogen (secondary N) is 1. The zero-order chi connectivity index (χ0) is 14.7. The van der Waals surface area contributed by atoms with Crippen LogP contribution in [0.4, 0.5) is 10.1 Å². The SMILES string of the molecule is N#Cc1c(F)cccc1NC(=O)c1c(Cl)cccc1Cl. The molecule has 20 heavy (non-hydrogen) atoms. The van der Waals surface area contributed by atoms with Gasteiger partial charge in [-0.1, -0.05) is 35.3 Å². The van der Waals surface area contributed by atoms with Crippen LogP contribution >= 0.6 is 23.2 Å². The van der Waals surface area contributed by atoms with Crippen LogP contribution in [0.25, 0.3) is 0 Å². The minimum atomic E-state index is -0.712. The van der Waals surface area contributed by atoms with Crippen molar-refractivity contribution >= 4 is 34.8 Å². The topological polar surface area (TPSA) is 52.9 Å². The Morgan fingerprint density at radius 2 is 1.75 bits per heavy atom. The molecule has 0 atom stereocenters. The third-order valence-electron chi connectivity index (χ3n) is 2.56. The minimum Gasteiger partial charge on any atom is -0.321 e. The zero-order valence-corrected chi connectivity index (χ0v) is 11.5. The highest BCUT2D eigenvalue weighted by Gasteiger charge is 2.17. The van der Waals surface area contributed by atoms with E-state index in [0.29, 0.717) is 0 Å². The average molecular weight is 309 g/mol. The van der Waals surface area contributed by atoms with Gasteiger partial charge in [0.15, 0.2) is 0 Å². The van der Waals surface area contributed by atoms with E-state index in [1.54, 1.807) is 12.1 Å². The lowest BCUT2D eigenvalue weighted by Gasteiger charge is -2.09. The molecular weight excluding hydrogens is 302 g/mol. The average Bonchev–Trinajstić information content (AvgIpc) is 2.38. The third kappa shape index (κ3) is 2.74. The van der Waals surface area contributed by atoms with Crippen molar-refractivity contribution < 1.29 is 9.18 Å². The van der Waals surface area contributed by atoms with Crippen LogP contribution in [-0.4, -0.2) is 5.91 Å². The zero-order valence-electron chi connectivity index (χ0n) is 9.95. The number of hydrogen-bond acceptors (Lipinski definition) is 2. The van der Waals surface area contributed by atoms with Crippen molar-refractivity contribution in [1.82, 2.24) is 0 Å². The molecular formula is C14H7Cl2FN2O. The monoisotopic (exact) mass is 308 g/mol. The molecule has 2 aromatic carbocycles. The molecule has 0 aromatic heterocycles. The van der Waals surface area contributed by atoms with E-state index in [-0.39, 0.29) is 26.9 Å². The van der Waals surface area contributed by atoms with Crippen molar-refractivity contribution in [1.29, 1.82) is 5.26 Å². The van der Waals surface area contributed by atoms with E-state index in [9.17, 15) is 9.18 Å². The molecule has 0 aliphatic rings. The lowest BCUT2D eigenvalue weighted by molar-refractivity contribution is 0.102. The first-order valence-corrected chi connectivity index (χ1v) is 6.24. The van der Waals surface area contributed by atoms with Crippen molar-refractivity contribution in [3.63, 3.8) is 0 Å². The van der Waals surface area contributed by atoms with Crippen LogP contribution in [0.5, 0.6) is 0 Å². The lowest BCUT2D eigenvalue weighted by atomic mass is 10.1. The third-order valence-corrected chi connectivity index (χ3v) is 3.19. The summed E-state index contributed by atoms with van der Waals surface area (Å²) in [5.41, 5.74) is -0.110. The second-order valence-corrected chi connectivity index (χ2v) is 4.64. The Labute approximate surface area is 124 Å². The molecule has 0 bridgehead atoms. The fourth-order valence-electron chi connectivity index (χ4n) is 1.64. The molecule has 100 valence electrons. The number of anilines is 1. The van der Waals surface area contributed by atoms with Gasteiger partial charge < -0.3 is 5.32 Å². The highest BCUT2D eigenvalue weighted by Crippen LogP contribution is 2.26. The molecule has 0 saturated heterocycles. The summed E-state index contributed by atoms with van der Waals surface area (Å²) >= 11 is 11.8. The first kappa shape index (κ1) is 14.3. The van der Waals surface area contributed by atoms with Crippen LogP contribution < -0.4 is 5.32 Å². The first-order valence-electron chi connectivity index (χ1n) is 5.48. The van der Waals surface area contributed by atoms with Gasteiger partial charge >= 0.3 is 0 Å². The van der Waals surface area contributed by atoms with Crippen LogP contribution in [0.2, 0.25) is 10.0 Å². The van der Waals surface area contributed by atoms with Gasteiger partial charge in [-0.3, -0.25) is 4.79 Å². The smallest absolute Gasteiger partial charge is 0.258 e. The van der Waals surface area contributed by atoms with Gasteiger partial charge in [-0.15, -0.1) is 0 Å². The van der Waals surface area contributed by atoms with Crippen molar-refractivity contribution in [2.75, 3.05) is 5.32 Å². The molecule has 0 aliphatic carbocycles. The van der Waals surface area contributed by atoms with Crippen molar-refractivity contribution in [3.05, 3.63) is 63.4 Å². The second-order valence-electron chi connectivity index (χ2n) is 3.82. The molecule has 0 fully saturated rings. The minimum absolute atomic E-state index is 0.0634. The number of carbonyl (C=O) groups excluding carboxylic acids is 1. The van der Waals surface area contributed by atoms with Gasteiger partial charge in [0.1, 0.15) is 17.4 Å². The van der Waals surface area contributed by atoms with Crippen LogP contribution in [0.3, 0.4) is 0 Å². The number of rotatable bonds is 2. The van der Waals surface area contributed by atoms with E-state index < -0.39 is 11.7 Å². The Morgan fingerprint density at radius 1 is 1.15 bits per heavy atom. The van der Waals surface area contributed by atoms with Crippen molar-refractivity contribution in [2.24, 2.45) is 0 Å². The molecule has 0 aliphatic heterocycles. The van der Waals surface area contributed by atoms with Gasteiger partial charge in [-0.05, 0) is 24.3 Å². The molecule has 2 rings (SSSR count). The standard InChI is InChI=1S/C14H7Cl2FN2O/c15-9-3-1-4-10(16)13(9)14(20)19-12-6-2-5-11(17)8(12)7-18/h1-6H,(H,19,20). The van der Waals surface area contributed by atoms with Crippen LogP contribution in [-0.2, 0) is 0 Å². The molecule has 0 unspecified atom stereocenters. The van der Waals surface area contributed by atoms with Gasteiger partial charge in [-0.2, -0.15) is 5.26 Å². The Kier molecular flexibility index (Phi) is 4.23. The Hall–Kier alpha value is -2.09. The number of halogens is 3. The molecule has 0 saturated carbocycles. The van der Waals surface area contributed by atoms with E-state index in [2.05, 4.69) is 5.32 Å². The largest absolute Gasteiger partial charge is 0.321 e. The van der Waals surface area contributed by atoms with E-state index in [1.807, 2.05) is 0 Å². The van der Waals surface area contributed by atoms with Crippen LogP contribution in [0.1, 0.15) is 15.9 Å². The summed E-state index contributed by atoms with van der Waals surface area (Å²) in [6, 6.07) is 10.3. The second kappa shape index (κ2) is 5.91. The maximum absolute atomic E-state index is 13.4. The number of benzene rings is 2. The number of nitriles is 1. The van der Waals surface area contributed by atoms with Gasteiger partial charge in [0.25, 0.3) is 5.91 Å². The fourth-order valence-corrected chi connectivity index (χ4v) is 2.21. The van der Waals surface area contributed by atoms with Gasteiger partial charge in [0.2, 0.25) is 0 Å². The molecule has 0 spiro atoms. The summed E-state index contributed by atoms with van der Waals surface area (Å²) in [5, 5.41) is 11.7. The number of hydrogen-bond donors (Lipinski definition) is 1. The summed E-state index contributed by atoms with van der Waals surface area (Å²) in [6.45, 7) is 0. The Bertz CT molecular complexity index is 705. The maximum atomic E-state index is 13.4. The summed E-state index contributed by atoms with van der Waals surface area (Å²) in [7, 11) is 0. The van der Waals surface area contributed by atoms with E-state index in [4.69, 9.17) is 28.5 Å². The first-order chi connectivity index (χ1) is 9.54. The summed E-state index contributed by atoms with van der Waals surface area (Å²) < 4.78 is 13.4. The van der Waals surface area contributed by atoms with Crippen molar-refractivity contribution in [2.45, 2.75) is 0 Å². The van der Waals surface area contributed by atoms with E-state index >= 15 is 0 Å². The number of nitrogens with zero attached hydrogens (tertiary/aromatic N) is 1. The highest BCUT2D eigenvalue weighted by molar-refractivity contribution is 6.40. The Morgan fingerprint density at radius 3 is 2.35 bits per heavy atom. The molecule has 1 N–H and O–H groups in total. The van der Waals surface area contributed by atoms with Crippen LogP contribution in [0.15, 0.2) is 36.4 Å². The quantitative estimate of drug-likeness (QED) is 0.901. The van der Waals surface area contributed by atoms with E-state index in [1.165, 1.54) is 24.3 Å². The van der Waals surface area contributed by atoms with Gasteiger partial charge in [0, 0.05) is 0 Å². The molecule has 6 heteroatoms. The van der Waals surface area contributed by atoms with E-state index in [0.717, 1.165) is 6.07 Å². The predicted molar refractivity (Wildman–Crippen MR) is 75.5 cm³/mol. The fraction of sp³-hybridized carbons (Fsp3) is 0. The van der Waals surface area contributed by atoms with Gasteiger partial charge in [0.05, 0.1) is 21.3 Å². The predicted octanol–water partition coefficient (Wildman–Crippen LogP) is 4.26. The van der Waals surface area contributed by atoms with Gasteiger partial charge in [-0.25, -0.2) is 4.39 Å². The number of amides is 1. The molecule has 3 nitrogen and oxygen atoms in total. The summed E-state index contributed by atoms with van der Waals surface area (Å²) in [4.78, 5) is 12.1. The molecule has 0 heterocycles. The number of carbonyl (C=O) groups is 1. The lowest BCUT2D eigenvalue weighted by Crippen LogP contribution is -2.14. The Balaban J connectivity index is 2.39. The van der Waals surface area contributed by atoms with Crippen LogP contribution in [0, 0.1) is 17.1 Å². The maximum Gasteiger partial charge on any atom is 0.258 e. The molecule has 2 aromatic rings. The summed E-state index contributed by atoms with van der Waals surface area (Å²) in [5.74, 6) is -1.32. The molecule has 0 radical (unpaired) electrons. The summed E-state index contributed by atoms with van der Waals surface area (Å²) in [6.07, 6.45) is 0.